The molecule has 37 heavy (non-hydrogen) atoms. The fraction of sp³-hybridized carbons (Fsp3) is 0. The molecule has 0 atom stereocenters. The molecule has 1 saturated heterocycles. The van der Waals surface area contributed by atoms with E-state index < -0.39 is 0 Å². The number of benzene rings is 1. The zero-order chi connectivity index (χ0) is 24.3. The predicted molar refractivity (Wildman–Crippen MR) is 159 cm³/mol. The lowest BCUT2D eigenvalue weighted by molar-refractivity contribution is 0.622. The number of fused-ring (bicyclic) bond motifs is 11. The first-order valence-electron chi connectivity index (χ1n) is 12.7. The van der Waals surface area contributed by atoms with Gasteiger partial charge in [0.05, 0.1) is 10.2 Å². The topological polar surface area (TPSA) is 25.9 Å². The first-order valence-corrected chi connectivity index (χ1v) is 13.5. The zero-order valence-electron chi connectivity index (χ0n) is 20.1. The van der Waals surface area contributed by atoms with Crippen LogP contribution in [0.15, 0.2) is 128 Å². The number of aromatic nitrogens is 1. The van der Waals surface area contributed by atoms with E-state index in [0.29, 0.717) is 0 Å². The van der Waals surface area contributed by atoms with E-state index in [1.54, 1.807) is 0 Å². The molecule has 0 spiro atoms. The normalized spacial score (nSPS) is 19.4. The van der Waals surface area contributed by atoms with Crippen LogP contribution in [0.4, 0.5) is 0 Å². The maximum atomic E-state index is 4.68. The maximum absolute atomic E-state index is 4.68. The van der Waals surface area contributed by atoms with Gasteiger partial charge in [0.15, 0.2) is 0 Å². The minimum absolute atomic E-state index is 0.0397. The van der Waals surface area contributed by atoms with E-state index in [-0.39, 0.29) is 27.9 Å². The third-order valence-corrected chi connectivity index (χ3v) is 8.91. The highest BCUT2D eigenvalue weighted by Gasteiger charge is 2.49. The molecule has 5 aliphatic rings. The molecule has 0 N–H and O–H groups in total. The number of hydrogen-bond acceptors (Lipinski definition) is 6. The van der Waals surface area contributed by atoms with E-state index >= 15 is 0 Å². The molecule has 10 heteroatoms. The number of pyridine rings is 1. The Morgan fingerprint density at radius 3 is 2.00 bits per heavy atom. The average Bonchev–Trinajstić information content (AvgIpc) is 3.35. The molecule has 2 aromatic heterocycles. The SMILES string of the molecule is C1=CB2N(C=C1)B1C=CC=CN1B1C=C(c3cccc4c3sc3cccnc34)C=CN1B1C=CC=CN21. The lowest BCUT2D eigenvalue weighted by Gasteiger charge is -2.53. The molecule has 0 bridgehead atoms. The van der Waals surface area contributed by atoms with Crippen LogP contribution in [-0.2, 0) is 0 Å². The Kier molecular flexibility index (Phi) is 4.70. The molecule has 1 fully saturated rings. The predicted octanol–water partition coefficient (Wildman–Crippen LogP) is 4.94. The van der Waals surface area contributed by atoms with Crippen LogP contribution in [0.2, 0.25) is 0 Å². The minimum atomic E-state index is 0.0397. The summed E-state index contributed by atoms with van der Waals surface area (Å²) < 4.78 is 12.3. The van der Waals surface area contributed by atoms with Crippen molar-refractivity contribution in [1.29, 1.82) is 0 Å². The second-order valence-corrected chi connectivity index (χ2v) is 10.7. The van der Waals surface area contributed by atoms with Crippen LogP contribution in [0.25, 0.3) is 25.9 Å². The van der Waals surface area contributed by atoms with Crippen molar-refractivity contribution in [2.75, 3.05) is 0 Å². The molecule has 5 aliphatic heterocycles. The lowest BCUT2D eigenvalue weighted by atomic mass is 9.41. The van der Waals surface area contributed by atoms with Crippen molar-refractivity contribution < 1.29 is 0 Å². The van der Waals surface area contributed by atoms with Gasteiger partial charge >= 0.3 is 27.9 Å². The number of hydrogen-bond donors (Lipinski definition) is 0. The smallest absolute Gasteiger partial charge is 0.381 e. The Hall–Kier alpha value is -4.03. The molecule has 0 saturated carbocycles. The van der Waals surface area contributed by atoms with E-state index in [9.17, 15) is 0 Å². The van der Waals surface area contributed by atoms with Gasteiger partial charge in [0.1, 0.15) is 0 Å². The molecule has 0 aliphatic carbocycles. The van der Waals surface area contributed by atoms with E-state index in [1.165, 1.54) is 25.9 Å². The van der Waals surface area contributed by atoms with Crippen LogP contribution in [-0.4, -0.2) is 51.8 Å². The number of nitrogens with zero attached hydrogens (tertiary/aromatic N) is 5. The summed E-state index contributed by atoms with van der Waals surface area (Å²) >= 11 is 1.83. The summed E-state index contributed by atoms with van der Waals surface area (Å²) in [6, 6.07) is 10.8. The maximum Gasteiger partial charge on any atom is 0.381 e. The minimum Gasteiger partial charge on any atom is -0.423 e. The Labute approximate surface area is 221 Å². The first-order chi connectivity index (χ1) is 18.4. The summed E-state index contributed by atoms with van der Waals surface area (Å²) in [6.45, 7) is 0.354. The Morgan fingerprint density at radius 2 is 1.30 bits per heavy atom. The third kappa shape index (κ3) is 3.18. The number of allylic oxidation sites excluding steroid dienone is 8. The molecule has 0 unspecified atom stereocenters. The molecule has 5 nitrogen and oxygen atoms in total. The van der Waals surface area contributed by atoms with Crippen LogP contribution in [0.1, 0.15) is 5.56 Å². The Balaban J connectivity index is 1.29. The summed E-state index contributed by atoms with van der Waals surface area (Å²) in [5.74, 6) is 9.30. The highest BCUT2D eigenvalue weighted by Crippen LogP contribution is 2.39. The fourth-order valence-electron chi connectivity index (χ4n) is 6.06. The number of rotatable bonds is 1. The van der Waals surface area contributed by atoms with Gasteiger partial charge in [-0.15, -0.1) is 11.3 Å². The van der Waals surface area contributed by atoms with E-state index in [0.717, 1.165) is 5.52 Å². The van der Waals surface area contributed by atoms with Crippen molar-refractivity contribution in [3.8, 4) is 0 Å². The Bertz CT molecular complexity index is 1640. The van der Waals surface area contributed by atoms with Gasteiger partial charge in [-0.3, -0.25) is 4.98 Å². The van der Waals surface area contributed by atoms with Crippen molar-refractivity contribution in [2.45, 2.75) is 0 Å². The summed E-state index contributed by atoms with van der Waals surface area (Å²) in [6.07, 6.45) is 26.0. The van der Waals surface area contributed by atoms with Gasteiger partial charge < -0.3 is 18.9 Å². The van der Waals surface area contributed by atoms with Crippen LogP contribution < -0.4 is 0 Å². The standard InChI is InChI=1S/C27H21B4N5S/c1-4-17-33-28(13-1)34-18-5-2-15-30(34)36-20-12-22(21-31(36)35-19-6-3-14-29(33)35)23-9-7-10-24-26-25(37-27(23)24)11-8-16-32-26/h1-21H. The monoisotopic (exact) mass is 491 g/mol. The molecule has 8 rings (SSSR count). The molecular formula is C27H21B4N5S. The Morgan fingerprint density at radius 1 is 0.649 bits per heavy atom. The quantitative estimate of drug-likeness (QED) is 0.450. The highest BCUT2D eigenvalue weighted by atomic mass is 32.1. The molecule has 7 heterocycles. The summed E-state index contributed by atoms with van der Waals surface area (Å²) in [4.78, 5) is 4.68. The lowest BCUT2D eigenvalue weighted by Crippen LogP contribution is -2.73. The van der Waals surface area contributed by atoms with Crippen molar-refractivity contribution >= 4 is 65.1 Å². The van der Waals surface area contributed by atoms with E-state index in [2.05, 4.69) is 139 Å². The van der Waals surface area contributed by atoms with Gasteiger partial charge in [-0.05, 0) is 72.4 Å². The molecule has 172 valence electrons. The van der Waals surface area contributed by atoms with E-state index in [1.807, 2.05) is 23.6 Å². The number of thiophene rings is 1. The third-order valence-electron chi connectivity index (χ3n) is 7.72. The first kappa shape index (κ1) is 21.1. The van der Waals surface area contributed by atoms with Gasteiger partial charge in [0.2, 0.25) is 0 Å². The van der Waals surface area contributed by atoms with Crippen LogP contribution >= 0.6 is 11.3 Å². The zero-order valence-corrected chi connectivity index (χ0v) is 20.9. The molecule has 3 aromatic rings. The van der Waals surface area contributed by atoms with Crippen LogP contribution in [0.3, 0.4) is 0 Å². The van der Waals surface area contributed by atoms with Gasteiger partial charge in [-0.1, -0.05) is 60.3 Å². The fourth-order valence-corrected chi connectivity index (χ4v) is 7.26. The summed E-state index contributed by atoms with van der Waals surface area (Å²) in [7, 11) is 0. The van der Waals surface area contributed by atoms with Gasteiger partial charge in [-0.25, -0.2) is 0 Å². The second-order valence-electron chi connectivity index (χ2n) is 9.69. The molecule has 0 radical (unpaired) electrons. The average molecular weight is 491 g/mol. The largest absolute Gasteiger partial charge is 0.423 e. The van der Waals surface area contributed by atoms with Crippen LogP contribution in [0.5, 0.6) is 0 Å². The molecular weight excluding hydrogens is 470 g/mol. The van der Waals surface area contributed by atoms with Crippen molar-refractivity contribution in [1.82, 2.24) is 23.9 Å². The van der Waals surface area contributed by atoms with Gasteiger partial charge in [0.25, 0.3) is 0 Å². The van der Waals surface area contributed by atoms with Crippen molar-refractivity contribution in [2.24, 2.45) is 0 Å². The van der Waals surface area contributed by atoms with Crippen molar-refractivity contribution in [3.63, 3.8) is 0 Å². The second kappa shape index (κ2) is 8.25. The summed E-state index contributed by atoms with van der Waals surface area (Å²) in [5.41, 5.74) is 3.60. The van der Waals surface area contributed by atoms with Crippen molar-refractivity contribution in [3.05, 3.63) is 133 Å². The molecule has 1 aromatic carbocycles. The highest BCUT2D eigenvalue weighted by molar-refractivity contribution is 7.26. The van der Waals surface area contributed by atoms with Gasteiger partial charge in [0, 0.05) is 16.3 Å². The van der Waals surface area contributed by atoms with Crippen LogP contribution in [0, 0.1) is 0 Å². The molecule has 0 amide bonds. The summed E-state index contributed by atoms with van der Waals surface area (Å²) in [5, 5.41) is 1.23. The van der Waals surface area contributed by atoms with Gasteiger partial charge in [-0.2, -0.15) is 0 Å². The van der Waals surface area contributed by atoms with E-state index in [4.69, 9.17) is 0 Å².